The molecule has 0 spiro atoms. The van der Waals surface area contributed by atoms with Crippen LogP contribution in [0, 0.1) is 0 Å². The zero-order valence-corrected chi connectivity index (χ0v) is 19.8. The Kier molecular flexibility index (Phi) is 10.3. The van der Waals surface area contributed by atoms with Gasteiger partial charge in [-0.15, -0.1) is 24.0 Å². The second-order valence-electron chi connectivity index (χ2n) is 7.76. The summed E-state index contributed by atoms with van der Waals surface area (Å²) in [6.07, 6.45) is 10.0. The number of rotatable bonds is 6. The monoisotopic (exact) mass is 500 g/mol. The van der Waals surface area contributed by atoms with E-state index in [-0.39, 0.29) is 24.0 Å². The summed E-state index contributed by atoms with van der Waals surface area (Å²) in [4.78, 5) is 16.2. The molecule has 2 aliphatic rings. The van der Waals surface area contributed by atoms with Crippen molar-refractivity contribution in [3.63, 3.8) is 0 Å². The molecular weight excluding hydrogens is 463 g/mol. The number of halogens is 1. The molecule has 0 aromatic carbocycles. The minimum Gasteiger partial charge on any atom is -0.356 e. The summed E-state index contributed by atoms with van der Waals surface area (Å²) in [5.41, 5.74) is 0. The first-order valence-corrected chi connectivity index (χ1v) is 10.6. The number of hydrogen-bond acceptors (Lipinski definition) is 4. The Balaban J connectivity index is 0.00000280. The number of nitrogens with zero attached hydrogens (tertiary/aromatic N) is 5. The number of guanidine groups is 1. The molecule has 1 aliphatic heterocycles. The van der Waals surface area contributed by atoms with Crippen molar-refractivity contribution in [1.82, 2.24) is 20.1 Å². The maximum atomic E-state index is 4.50. The third kappa shape index (κ3) is 6.76. The van der Waals surface area contributed by atoms with Crippen LogP contribution >= 0.6 is 24.0 Å². The fourth-order valence-corrected chi connectivity index (χ4v) is 4.25. The van der Waals surface area contributed by atoms with Gasteiger partial charge >= 0.3 is 0 Å². The lowest BCUT2D eigenvalue weighted by molar-refractivity contribution is 0.190. The summed E-state index contributed by atoms with van der Waals surface area (Å²) >= 11 is 0. The molecule has 1 saturated heterocycles. The van der Waals surface area contributed by atoms with E-state index in [2.05, 4.69) is 49.2 Å². The Morgan fingerprint density at radius 3 is 2.57 bits per heavy atom. The van der Waals surface area contributed by atoms with Crippen LogP contribution in [0.4, 0.5) is 5.82 Å². The van der Waals surface area contributed by atoms with Crippen molar-refractivity contribution < 1.29 is 0 Å². The van der Waals surface area contributed by atoms with Crippen LogP contribution < -0.4 is 10.2 Å². The predicted octanol–water partition coefficient (Wildman–Crippen LogP) is 3.05. The van der Waals surface area contributed by atoms with E-state index in [1.54, 1.807) is 0 Å². The molecule has 0 bridgehead atoms. The average molecular weight is 500 g/mol. The molecule has 3 rings (SSSR count). The maximum absolute atomic E-state index is 4.50. The highest BCUT2D eigenvalue weighted by molar-refractivity contribution is 14.0. The van der Waals surface area contributed by atoms with Gasteiger partial charge in [0.25, 0.3) is 0 Å². The Bertz CT molecular complexity index is 568. The molecule has 6 nitrogen and oxygen atoms in total. The lowest BCUT2D eigenvalue weighted by atomic mass is 9.94. The lowest BCUT2D eigenvalue weighted by Gasteiger charge is -2.37. The molecular formula is C21H37IN6. The van der Waals surface area contributed by atoms with Crippen molar-refractivity contribution in [2.24, 2.45) is 4.99 Å². The Morgan fingerprint density at radius 1 is 1.18 bits per heavy atom. The van der Waals surface area contributed by atoms with Crippen molar-refractivity contribution in [1.29, 1.82) is 0 Å². The molecule has 2 heterocycles. The average Bonchev–Trinajstić information content (AvgIpc) is 2.75. The molecule has 28 heavy (non-hydrogen) atoms. The SMILES string of the molecule is CN=C(NCCCN(C)C1CCCCC1)N1CCN(c2ccccn2)CC1.I. The number of aliphatic imine (C=N–C) groups is 1. The van der Waals surface area contributed by atoms with Crippen LogP contribution in [0.15, 0.2) is 29.4 Å². The van der Waals surface area contributed by atoms with E-state index in [1.165, 1.54) is 45.1 Å². The van der Waals surface area contributed by atoms with E-state index in [1.807, 2.05) is 19.3 Å². The van der Waals surface area contributed by atoms with E-state index >= 15 is 0 Å². The molecule has 0 unspecified atom stereocenters. The van der Waals surface area contributed by atoms with Crippen LogP contribution in [0.2, 0.25) is 0 Å². The highest BCUT2D eigenvalue weighted by atomic mass is 127. The normalized spacial score (nSPS) is 18.9. The van der Waals surface area contributed by atoms with E-state index in [0.29, 0.717) is 0 Å². The highest BCUT2D eigenvalue weighted by Crippen LogP contribution is 2.21. The second-order valence-corrected chi connectivity index (χ2v) is 7.76. The van der Waals surface area contributed by atoms with Gasteiger partial charge in [0.15, 0.2) is 5.96 Å². The maximum Gasteiger partial charge on any atom is 0.193 e. The smallest absolute Gasteiger partial charge is 0.193 e. The van der Waals surface area contributed by atoms with Gasteiger partial charge in [0.2, 0.25) is 0 Å². The van der Waals surface area contributed by atoms with Gasteiger partial charge in [-0.25, -0.2) is 4.98 Å². The van der Waals surface area contributed by atoms with Gasteiger partial charge in [0, 0.05) is 52.0 Å². The summed E-state index contributed by atoms with van der Waals surface area (Å²) in [6, 6.07) is 6.92. The van der Waals surface area contributed by atoms with Crippen LogP contribution in [0.1, 0.15) is 38.5 Å². The van der Waals surface area contributed by atoms with Gasteiger partial charge in [-0.1, -0.05) is 25.3 Å². The van der Waals surface area contributed by atoms with Gasteiger partial charge in [-0.05, 0) is 45.0 Å². The first kappa shape index (κ1) is 23.2. The summed E-state index contributed by atoms with van der Waals surface area (Å²) in [5, 5.41) is 3.57. The second kappa shape index (κ2) is 12.5. The van der Waals surface area contributed by atoms with Crippen LogP contribution in [-0.2, 0) is 0 Å². The Hall–Kier alpha value is -1.09. The van der Waals surface area contributed by atoms with Crippen molar-refractivity contribution in [3.05, 3.63) is 24.4 Å². The lowest BCUT2D eigenvalue weighted by Crippen LogP contribution is -2.53. The predicted molar refractivity (Wildman–Crippen MR) is 129 cm³/mol. The van der Waals surface area contributed by atoms with Gasteiger partial charge in [-0.2, -0.15) is 0 Å². The highest BCUT2D eigenvalue weighted by Gasteiger charge is 2.20. The van der Waals surface area contributed by atoms with Gasteiger partial charge in [0.1, 0.15) is 5.82 Å². The third-order valence-electron chi connectivity index (χ3n) is 5.93. The van der Waals surface area contributed by atoms with Crippen LogP contribution in [0.5, 0.6) is 0 Å². The summed E-state index contributed by atoms with van der Waals surface area (Å²) < 4.78 is 0. The fraction of sp³-hybridized carbons (Fsp3) is 0.714. The van der Waals surface area contributed by atoms with Crippen molar-refractivity contribution in [2.75, 3.05) is 58.3 Å². The van der Waals surface area contributed by atoms with E-state index in [4.69, 9.17) is 0 Å². The number of hydrogen-bond donors (Lipinski definition) is 1. The van der Waals surface area contributed by atoms with Gasteiger partial charge in [-0.3, -0.25) is 4.99 Å². The Morgan fingerprint density at radius 2 is 1.93 bits per heavy atom. The van der Waals surface area contributed by atoms with Gasteiger partial charge in [0.05, 0.1) is 0 Å². The summed E-state index contributed by atoms with van der Waals surface area (Å²) in [7, 11) is 4.18. The summed E-state index contributed by atoms with van der Waals surface area (Å²) in [6.45, 7) is 6.10. The minimum atomic E-state index is 0. The quantitative estimate of drug-likeness (QED) is 0.282. The molecule has 0 atom stereocenters. The molecule has 158 valence electrons. The van der Waals surface area contributed by atoms with Crippen molar-refractivity contribution in [3.8, 4) is 0 Å². The number of pyridine rings is 1. The fourth-order valence-electron chi connectivity index (χ4n) is 4.25. The van der Waals surface area contributed by atoms with E-state index < -0.39 is 0 Å². The number of aromatic nitrogens is 1. The zero-order valence-electron chi connectivity index (χ0n) is 17.5. The van der Waals surface area contributed by atoms with Crippen molar-refractivity contribution >= 4 is 35.8 Å². The topological polar surface area (TPSA) is 47.0 Å². The van der Waals surface area contributed by atoms with E-state index in [9.17, 15) is 0 Å². The largest absolute Gasteiger partial charge is 0.356 e. The molecule has 7 heteroatoms. The first-order valence-electron chi connectivity index (χ1n) is 10.6. The summed E-state index contributed by atoms with van der Waals surface area (Å²) in [5.74, 6) is 2.11. The minimum absolute atomic E-state index is 0. The molecule has 1 aliphatic carbocycles. The number of anilines is 1. The molecule has 0 radical (unpaired) electrons. The van der Waals surface area contributed by atoms with Crippen LogP contribution in [0.25, 0.3) is 0 Å². The molecule has 2 fully saturated rings. The molecule has 1 N–H and O–H groups in total. The van der Waals surface area contributed by atoms with Crippen LogP contribution in [0.3, 0.4) is 0 Å². The standard InChI is InChI=1S/C21H36N6.HI/c1-22-21(24-13-8-14-25(2)19-9-4-3-5-10-19)27-17-15-26(16-18-27)20-11-6-7-12-23-20;/h6-7,11-12,19H,3-5,8-10,13-18H2,1-2H3,(H,22,24);1H. The Labute approximate surface area is 187 Å². The van der Waals surface area contributed by atoms with E-state index in [0.717, 1.165) is 50.5 Å². The first-order chi connectivity index (χ1) is 13.3. The zero-order chi connectivity index (χ0) is 18.9. The van der Waals surface area contributed by atoms with Crippen LogP contribution in [-0.4, -0.2) is 80.1 Å². The number of piperazine rings is 1. The number of nitrogens with one attached hydrogen (secondary N) is 1. The van der Waals surface area contributed by atoms with Crippen molar-refractivity contribution in [2.45, 2.75) is 44.6 Å². The third-order valence-corrected chi connectivity index (χ3v) is 5.93. The molecule has 0 amide bonds. The molecule has 1 saturated carbocycles. The van der Waals surface area contributed by atoms with Gasteiger partial charge < -0.3 is 20.0 Å². The molecule has 1 aromatic heterocycles. The molecule has 1 aromatic rings.